The molecule has 0 bridgehead atoms. The highest BCUT2D eigenvalue weighted by molar-refractivity contribution is 5.76. The Morgan fingerprint density at radius 3 is 2.21 bits per heavy atom. The van der Waals surface area contributed by atoms with Gasteiger partial charge >= 0.3 is 0 Å². The molecule has 0 saturated carbocycles. The molecule has 0 aromatic rings. The van der Waals surface area contributed by atoms with E-state index in [-0.39, 0.29) is 17.4 Å². The summed E-state index contributed by atoms with van der Waals surface area (Å²) in [5, 5.41) is 2.90. The summed E-state index contributed by atoms with van der Waals surface area (Å²) >= 11 is 0. The molecule has 0 saturated heterocycles. The van der Waals surface area contributed by atoms with Crippen LogP contribution in [0, 0.1) is 11.3 Å². The Morgan fingerprint density at radius 1 is 1.36 bits per heavy atom. The van der Waals surface area contributed by atoms with E-state index in [4.69, 9.17) is 5.73 Å². The molecule has 0 fully saturated rings. The zero-order chi connectivity index (χ0) is 11.4. The van der Waals surface area contributed by atoms with Crippen molar-refractivity contribution in [3.8, 4) is 0 Å². The number of amides is 1. The summed E-state index contributed by atoms with van der Waals surface area (Å²) < 4.78 is 0. The van der Waals surface area contributed by atoms with Gasteiger partial charge in [-0.1, -0.05) is 27.7 Å². The van der Waals surface area contributed by atoms with Crippen LogP contribution in [-0.2, 0) is 4.79 Å². The maximum atomic E-state index is 11.3. The molecule has 0 aliphatic rings. The molecule has 0 radical (unpaired) electrons. The Kier molecular flexibility index (Phi) is 5.13. The van der Waals surface area contributed by atoms with Crippen LogP contribution in [0.15, 0.2) is 0 Å². The van der Waals surface area contributed by atoms with E-state index in [9.17, 15) is 4.79 Å². The van der Waals surface area contributed by atoms with Gasteiger partial charge in [0.2, 0.25) is 5.91 Å². The standard InChI is InChI=1S/C11H24N2O/c1-8(11(3,4)5)7-13-10(14)6-9(2)12/h8-9H,6-7,12H2,1-5H3,(H,13,14). The summed E-state index contributed by atoms with van der Waals surface area (Å²) in [6, 6.07) is -0.0556. The fraction of sp³-hybridized carbons (Fsp3) is 0.909. The average Bonchev–Trinajstić information content (AvgIpc) is 1.96. The van der Waals surface area contributed by atoms with Crippen molar-refractivity contribution in [2.45, 2.75) is 47.1 Å². The molecule has 0 aromatic heterocycles. The number of hydrogen-bond donors (Lipinski definition) is 2. The minimum atomic E-state index is -0.0556. The van der Waals surface area contributed by atoms with Crippen molar-refractivity contribution >= 4 is 5.91 Å². The van der Waals surface area contributed by atoms with Crippen molar-refractivity contribution < 1.29 is 4.79 Å². The van der Waals surface area contributed by atoms with Gasteiger partial charge in [-0.25, -0.2) is 0 Å². The van der Waals surface area contributed by atoms with Crippen LogP contribution in [0.25, 0.3) is 0 Å². The molecule has 14 heavy (non-hydrogen) atoms. The van der Waals surface area contributed by atoms with Gasteiger partial charge in [-0.2, -0.15) is 0 Å². The molecule has 0 rings (SSSR count). The highest BCUT2D eigenvalue weighted by Crippen LogP contribution is 2.24. The molecule has 2 atom stereocenters. The van der Waals surface area contributed by atoms with Crippen LogP contribution in [0.1, 0.15) is 41.0 Å². The Balaban J connectivity index is 3.78. The number of nitrogens with two attached hydrogens (primary N) is 1. The lowest BCUT2D eigenvalue weighted by Crippen LogP contribution is -2.36. The van der Waals surface area contributed by atoms with Crippen LogP contribution in [0.5, 0.6) is 0 Å². The van der Waals surface area contributed by atoms with Crippen LogP contribution in [0.4, 0.5) is 0 Å². The van der Waals surface area contributed by atoms with Gasteiger partial charge in [-0.15, -0.1) is 0 Å². The molecular weight excluding hydrogens is 176 g/mol. The Hall–Kier alpha value is -0.570. The van der Waals surface area contributed by atoms with Gasteiger partial charge in [0, 0.05) is 19.0 Å². The van der Waals surface area contributed by atoms with Crippen molar-refractivity contribution in [3.05, 3.63) is 0 Å². The van der Waals surface area contributed by atoms with E-state index in [1.54, 1.807) is 0 Å². The van der Waals surface area contributed by atoms with Crippen molar-refractivity contribution in [2.24, 2.45) is 17.1 Å². The molecule has 1 amide bonds. The van der Waals surface area contributed by atoms with Crippen LogP contribution in [0.2, 0.25) is 0 Å². The molecule has 0 heterocycles. The van der Waals surface area contributed by atoms with Crippen LogP contribution in [0.3, 0.4) is 0 Å². The fourth-order valence-electron chi connectivity index (χ4n) is 0.938. The molecule has 3 nitrogen and oxygen atoms in total. The van der Waals surface area contributed by atoms with Gasteiger partial charge in [0.05, 0.1) is 0 Å². The molecular formula is C11H24N2O. The fourth-order valence-corrected chi connectivity index (χ4v) is 0.938. The van der Waals surface area contributed by atoms with E-state index in [1.807, 2.05) is 6.92 Å². The van der Waals surface area contributed by atoms with Gasteiger partial charge in [-0.05, 0) is 18.3 Å². The maximum Gasteiger partial charge on any atom is 0.221 e. The van der Waals surface area contributed by atoms with Crippen molar-refractivity contribution in [2.75, 3.05) is 6.54 Å². The van der Waals surface area contributed by atoms with Gasteiger partial charge < -0.3 is 11.1 Å². The van der Waals surface area contributed by atoms with E-state index >= 15 is 0 Å². The Morgan fingerprint density at radius 2 is 1.86 bits per heavy atom. The third kappa shape index (κ3) is 5.97. The highest BCUT2D eigenvalue weighted by atomic mass is 16.1. The monoisotopic (exact) mass is 200 g/mol. The number of nitrogens with one attached hydrogen (secondary N) is 1. The first-order valence-electron chi connectivity index (χ1n) is 5.25. The zero-order valence-corrected chi connectivity index (χ0v) is 10.1. The van der Waals surface area contributed by atoms with Crippen molar-refractivity contribution in [3.63, 3.8) is 0 Å². The number of carbonyl (C=O) groups is 1. The third-order valence-corrected chi connectivity index (χ3v) is 2.59. The second-order valence-electron chi connectivity index (χ2n) is 5.25. The first kappa shape index (κ1) is 13.4. The predicted octanol–water partition coefficient (Wildman–Crippen LogP) is 1.52. The second kappa shape index (κ2) is 5.35. The average molecular weight is 200 g/mol. The summed E-state index contributed by atoms with van der Waals surface area (Å²) in [6.45, 7) is 11.2. The lowest BCUT2D eigenvalue weighted by atomic mass is 9.82. The largest absolute Gasteiger partial charge is 0.356 e. The summed E-state index contributed by atoms with van der Waals surface area (Å²) in [5.41, 5.74) is 5.76. The molecule has 0 aliphatic heterocycles. The van der Waals surface area contributed by atoms with Crippen molar-refractivity contribution in [1.29, 1.82) is 0 Å². The van der Waals surface area contributed by atoms with Gasteiger partial charge in [-0.3, -0.25) is 4.79 Å². The van der Waals surface area contributed by atoms with Crippen LogP contribution < -0.4 is 11.1 Å². The van der Waals surface area contributed by atoms with Crippen LogP contribution >= 0.6 is 0 Å². The third-order valence-electron chi connectivity index (χ3n) is 2.59. The van der Waals surface area contributed by atoms with E-state index in [0.717, 1.165) is 6.54 Å². The first-order valence-corrected chi connectivity index (χ1v) is 5.25. The summed E-state index contributed by atoms with van der Waals surface area (Å²) in [4.78, 5) is 11.3. The first-order chi connectivity index (χ1) is 6.23. The van der Waals surface area contributed by atoms with E-state index in [1.165, 1.54) is 0 Å². The summed E-state index contributed by atoms with van der Waals surface area (Å²) in [5.74, 6) is 0.524. The van der Waals surface area contributed by atoms with Crippen molar-refractivity contribution in [1.82, 2.24) is 5.32 Å². The summed E-state index contributed by atoms with van der Waals surface area (Å²) in [6.07, 6.45) is 0.414. The smallest absolute Gasteiger partial charge is 0.221 e. The molecule has 0 aliphatic carbocycles. The van der Waals surface area contributed by atoms with E-state index in [2.05, 4.69) is 33.0 Å². The zero-order valence-electron chi connectivity index (χ0n) is 10.1. The molecule has 2 unspecified atom stereocenters. The Labute approximate surface area is 87.4 Å². The number of hydrogen-bond acceptors (Lipinski definition) is 2. The quantitative estimate of drug-likeness (QED) is 0.723. The summed E-state index contributed by atoms with van der Waals surface area (Å²) in [7, 11) is 0. The number of carbonyl (C=O) groups excluding carboxylic acids is 1. The molecule has 3 N–H and O–H groups in total. The van der Waals surface area contributed by atoms with Gasteiger partial charge in [0.1, 0.15) is 0 Å². The lowest BCUT2D eigenvalue weighted by Gasteiger charge is -2.27. The SMILES string of the molecule is CC(N)CC(=O)NCC(C)C(C)(C)C. The highest BCUT2D eigenvalue weighted by Gasteiger charge is 2.20. The molecule has 84 valence electrons. The predicted molar refractivity (Wildman–Crippen MR) is 59.9 cm³/mol. The maximum absolute atomic E-state index is 11.3. The lowest BCUT2D eigenvalue weighted by molar-refractivity contribution is -0.121. The number of rotatable bonds is 4. The Bertz CT molecular complexity index is 182. The minimum Gasteiger partial charge on any atom is -0.356 e. The molecule has 3 heteroatoms. The van der Waals surface area contributed by atoms with Gasteiger partial charge in [0.15, 0.2) is 0 Å². The second-order valence-corrected chi connectivity index (χ2v) is 5.25. The van der Waals surface area contributed by atoms with Gasteiger partial charge in [0.25, 0.3) is 0 Å². The molecule has 0 spiro atoms. The van der Waals surface area contributed by atoms with Crippen LogP contribution in [-0.4, -0.2) is 18.5 Å². The minimum absolute atomic E-state index is 0.0519. The normalized spacial score (nSPS) is 16.1. The topological polar surface area (TPSA) is 55.1 Å². The van der Waals surface area contributed by atoms with E-state index in [0.29, 0.717) is 12.3 Å². The molecule has 0 aromatic carbocycles. The van der Waals surface area contributed by atoms with E-state index < -0.39 is 0 Å².